The van der Waals surface area contributed by atoms with E-state index in [1.807, 2.05) is 13.8 Å². The Kier molecular flexibility index (Phi) is 4.49. The van der Waals surface area contributed by atoms with E-state index in [-0.39, 0.29) is 10.3 Å². The predicted molar refractivity (Wildman–Crippen MR) is 85.4 cm³/mol. The Morgan fingerprint density at radius 1 is 1.45 bits per heavy atom. The number of hydrogen-bond acceptors (Lipinski definition) is 5. The molecule has 122 valence electrons. The Bertz CT molecular complexity index is 800. The molecule has 0 atom stereocenters. The van der Waals surface area contributed by atoms with Crippen LogP contribution >= 0.6 is 11.6 Å². The number of nitrogens with two attached hydrogens (primary N) is 1. The molecule has 0 aromatic carbocycles. The first-order valence-electron chi connectivity index (χ1n) is 6.75. The second kappa shape index (κ2) is 5.77. The Hall–Kier alpha value is -1.22. The molecule has 0 radical (unpaired) electrons. The van der Waals surface area contributed by atoms with Crippen LogP contribution in [0, 0.1) is 12.3 Å². The topological polar surface area (TPSA) is 93.6 Å². The Morgan fingerprint density at radius 2 is 2.09 bits per heavy atom. The van der Waals surface area contributed by atoms with Crippen molar-refractivity contribution in [3.05, 3.63) is 23.1 Å². The van der Waals surface area contributed by atoms with Crippen molar-refractivity contribution < 1.29 is 8.42 Å². The minimum absolute atomic E-state index is 0.0643. The second-order valence-corrected chi connectivity index (χ2v) is 8.51. The SMILES string of the molecule is Cc1nn2cc(S(=O)(=O)N(C)CC(C)(C)CN)cnc2c1Cl. The fraction of sp³-hybridized carbons (Fsp3) is 0.538. The Morgan fingerprint density at radius 3 is 2.68 bits per heavy atom. The molecular formula is C13H20ClN5O2S. The van der Waals surface area contributed by atoms with Crippen LogP contribution in [0.3, 0.4) is 0 Å². The number of sulfonamides is 1. The summed E-state index contributed by atoms with van der Waals surface area (Å²) < 4.78 is 27.9. The van der Waals surface area contributed by atoms with E-state index in [9.17, 15) is 8.42 Å². The average Bonchev–Trinajstić information content (AvgIpc) is 2.73. The van der Waals surface area contributed by atoms with E-state index in [4.69, 9.17) is 17.3 Å². The quantitative estimate of drug-likeness (QED) is 0.881. The summed E-state index contributed by atoms with van der Waals surface area (Å²) in [4.78, 5) is 4.17. The molecule has 7 nitrogen and oxygen atoms in total. The highest BCUT2D eigenvalue weighted by molar-refractivity contribution is 7.89. The molecule has 0 aliphatic rings. The molecular weight excluding hydrogens is 326 g/mol. The molecule has 0 bridgehead atoms. The molecule has 0 aliphatic carbocycles. The number of rotatable bonds is 5. The Balaban J connectivity index is 2.41. The van der Waals surface area contributed by atoms with Gasteiger partial charge in [0.05, 0.1) is 18.1 Å². The van der Waals surface area contributed by atoms with Gasteiger partial charge in [-0.25, -0.2) is 22.2 Å². The van der Waals surface area contributed by atoms with Gasteiger partial charge in [-0.05, 0) is 18.9 Å². The van der Waals surface area contributed by atoms with Crippen LogP contribution in [0.5, 0.6) is 0 Å². The summed E-state index contributed by atoms with van der Waals surface area (Å²) in [6, 6.07) is 0. The second-order valence-electron chi connectivity index (χ2n) is 6.09. The molecule has 2 aromatic rings. The van der Waals surface area contributed by atoms with Crippen molar-refractivity contribution in [2.24, 2.45) is 11.1 Å². The van der Waals surface area contributed by atoms with Gasteiger partial charge in [0, 0.05) is 13.6 Å². The van der Waals surface area contributed by atoms with Crippen molar-refractivity contribution in [3.63, 3.8) is 0 Å². The number of fused-ring (bicyclic) bond motifs is 1. The van der Waals surface area contributed by atoms with E-state index < -0.39 is 10.0 Å². The molecule has 22 heavy (non-hydrogen) atoms. The van der Waals surface area contributed by atoms with Crippen LogP contribution < -0.4 is 5.73 Å². The molecule has 2 rings (SSSR count). The van der Waals surface area contributed by atoms with E-state index in [2.05, 4.69) is 10.1 Å². The first kappa shape index (κ1) is 17.1. The highest BCUT2D eigenvalue weighted by Gasteiger charge is 2.28. The zero-order valence-corrected chi connectivity index (χ0v) is 14.6. The molecule has 9 heteroatoms. The van der Waals surface area contributed by atoms with Crippen LogP contribution in [0.1, 0.15) is 19.5 Å². The molecule has 0 aliphatic heterocycles. The lowest BCUT2D eigenvalue weighted by Crippen LogP contribution is -2.39. The fourth-order valence-electron chi connectivity index (χ4n) is 2.07. The van der Waals surface area contributed by atoms with Crippen LogP contribution in [0.4, 0.5) is 0 Å². The summed E-state index contributed by atoms with van der Waals surface area (Å²) in [5, 5.41) is 4.57. The van der Waals surface area contributed by atoms with Gasteiger partial charge in [-0.3, -0.25) is 0 Å². The summed E-state index contributed by atoms with van der Waals surface area (Å²) >= 11 is 6.06. The van der Waals surface area contributed by atoms with Gasteiger partial charge in [0.2, 0.25) is 10.0 Å². The van der Waals surface area contributed by atoms with Crippen molar-refractivity contribution >= 4 is 27.3 Å². The summed E-state index contributed by atoms with van der Waals surface area (Å²) in [5.41, 5.74) is 6.39. The van der Waals surface area contributed by atoms with Gasteiger partial charge in [-0.1, -0.05) is 25.4 Å². The molecule has 0 fully saturated rings. The maximum atomic E-state index is 12.6. The highest BCUT2D eigenvalue weighted by atomic mass is 35.5. The normalized spacial score (nSPS) is 13.2. The number of halogens is 1. The van der Waals surface area contributed by atoms with Crippen molar-refractivity contribution in [2.45, 2.75) is 25.7 Å². The largest absolute Gasteiger partial charge is 0.330 e. The number of aryl methyl sites for hydroxylation is 1. The van der Waals surface area contributed by atoms with Crippen molar-refractivity contribution in [1.82, 2.24) is 18.9 Å². The maximum Gasteiger partial charge on any atom is 0.245 e. The molecule has 0 saturated carbocycles. The molecule has 0 saturated heterocycles. The van der Waals surface area contributed by atoms with Crippen LogP contribution in [0.2, 0.25) is 5.02 Å². The molecule has 2 N–H and O–H groups in total. The Labute approximate surface area is 135 Å². The highest BCUT2D eigenvalue weighted by Crippen LogP contribution is 2.23. The van der Waals surface area contributed by atoms with E-state index >= 15 is 0 Å². The molecule has 2 heterocycles. The van der Waals surface area contributed by atoms with Crippen molar-refractivity contribution in [1.29, 1.82) is 0 Å². The van der Waals surface area contributed by atoms with Crippen LogP contribution in [-0.4, -0.2) is 47.5 Å². The molecule has 0 spiro atoms. The summed E-state index contributed by atoms with van der Waals surface area (Å²) in [6.07, 6.45) is 2.71. The summed E-state index contributed by atoms with van der Waals surface area (Å²) in [6.45, 7) is 6.26. The van der Waals surface area contributed by atoms with Crippen molar-refractivity contribution in [3.8, 4) is 0 Å². The van der Waals surface area contributed by atoms with Gasteiger partial charge in [0.15, 0.2) is 5.65 Å². The van der Waals surface area contributed by atoms with E-state index in [1.165, 1.54) is 28.3 Å². The van der Waals surface area contributed by atoms with Gasteiger partial charge in [0.1, 0.15) is 9.92 Å². The van der Waals surface area contributed by atoms with Gasteiger partial charge >= 0.3 is 0 Å². The van der Waals surface area contributed by atoms with Crippen LogP contribution in [0.15, 0.2) is 17.3 Å². The third kappa shape index (κ3) is 3.10. The zero-order chi connectivity index (χ0) is 16.7. The minimum atomic E-state index is -3.67. The van der Waals surface area contributed by atoms with Gasteiger partial charge in [-0.15, -0.1) is 0 Å². The van der Waals surface area contributed by atoms with Gasteiger partial charge < -0.3 is 5.73 Å². The monoisotopic (exact) mass is 345 g/mol. The van der Waals surface area contributed by atoms with Crippen molar-refractivity contribution in [2.75, 3.05) is 20.1 Å². The average molecular weight is 346 g/mol. The molecule has 2 aromatic heterocycles. The van der Waals surface area contributed by atoms with E-state index in [1.54, 1.807) is 6.92 Å². The fourth-order valence-corrected chi connectivity index (χ4v) is 3.54. The van der Waals surface area contributed by atoms with Crippen LogP contribution in [-0.2, 0) is 10.0 Å². The van der Waals surface area contributed by atoms with E-state index in [0.717, 1.165) is 0 Å². The third-order valence-electron chi connectivity index (χ3n) is 3.46. The summed E-state index contributed by atoms with van der Waals surface area (Å²) in [5.74, 6) is 0. The number of aromatic nitrogens is 3. The van der Waals surface area contributed by atoms with Crippen LogP contribution in [0.25, 0.3) is 5.65 Å². The maximum absolute atomic E-state index is 12.6. The lowest BCUT2D eigenvalue weighted by molar-refractivity contribution is 0.292. The lowest BCUT2D eigenvalue weighted by Gasteiger charge is -2.28. The smallest absolute Gasteiger partial charge is 0.245 e. The van der Waals surface area contributed by atoms with Gasteiger partial charge in [0.25, 0.3) is 0 Å². The van der Waals surface area contributed by atoms with Gasteiger partial charge in [-0.2, -0.15) is 5.10 Å². The molecule has 0 unspecified atom stereocenters. The summed E-state index contributed by atoms with van der Waals surface area (Å²) in [7, 11) is -2.14. The zero-order valence-electron chi connectivity index (χ0n) is 13.0. The minimum Gasteiger partial charge on any atom is -0.330 e. The van der Waals surface area contributed by atoms with E-state index in [0.29, 0.717) is 29.5 Å². The lowest BCUT2D eigenvalue weighted by atomic mass is 9.94. The number of nitrogens with zero attached hydrogens (tertiary/aromatic N) is 4. The first-order valence-corrected chi connectivity index (χ1v) is 8.57. The number of hydrogen-bond donors (Lipinski definition) is 1. The third-order valence-corrected chi connectivity index (χ3v) is 5.66. The molecule has 0 amide bonds. The predicted octanol–water partition coefficient (Wildman–Crippen LogP) is 1.30. The standard InChI is InChI=1S/C13H20ClN5O2S/c1-9-11(14)12-16-5-10(6-19(12)17-9)22(20,21)18(4)8-13(2,3)7-15/h5-6H,7-8,15H2,1-4H3. The first-order chi connectivity index (χ1) is 10.1.